The number of rotatable bonds is 2. The Kier molecular flexibility index (Phi) is 3.30. The molecule has 24 heavy (non-hydrogen) atoms. The van der Waals surface area contributed by atoms with Crippen molar-refractivity contribution < 1.29 is 23.9 Å². The van der Waals surface area contributed by atoms with Crippen LogP contribution < -0.4 is 0 Å². The molecule has 1 heterocycles. The highest BCUT2D eigenvalue weighted by Crippen LogP contribution is 2.44. The number of benzene rings is 2. The second-order valence-corrected chi connectivity index (χ2v) is 5.63. The Labute approximate surface area is 137 Å². The van der Waals surface area contributed by atoms with E-state index >= 15 is 0 Å². The Balaban J connectivity index is 1.56. The fraction of sp³-hybridized carbons (Fsp3) is 0.167. The molecule has 1 aliphatic carbocycles. The van der Waals surface area contributed by atoms with Gasteiger partial charge in [-0.05, 0) is 22.3 Å². The molecule has 1 saturated heterocycles. The molecular formula is C18H13NO5. The van der Waals surface area contributed by atoms with E-state index in [1.807, 2.05) is 48.5 Å². The van der Waals surface area contributed by atoms with Gasteiger partial charge in [0.25, 0.3) is 0 Å². The molecule has 2 amide bonds. The van der Waals surface area contributed by atoms with Crippen LogP contribution in [-0.4, -0.2) is 36.2 Å². The zero-order chi connectivity index (χ0) is 16.7. The predicted octanol–water partition coefficient (Wildman–Crippen LogP) is 2.91. The summed E-state index contributed by atoms with van der Waals surface area (Å²) in [5.74, 6) is -0.857. The van der Waals surface area contributed by atoms with Gasteiger partial charge in [0.15, 0.2) is 0 Å². The van der Waals surface area contributed by atoms with Crippen molar-refractivity contribution in [2.24, 2.45) is 0 Å². The molecule has 0 aromatic heterocycles. The number of amides is 2. The van der Waals surface area contributed by atoms with Crippen molar-refractivity contribution in [2.45, 2.75) is 5.92 Å². The van der Waals surface area contributed by atoms with E-state index in [1.165, 1.54) is 0 Å². The van der Waals surface area contributed by atoms with Crippen LogP contribution >= 0.6 is 0 Å². The van der Waals surface area contributed by atoms with Crippen LogP contribution in [0.3, 0.4) is 0 Å². The van der Waals surface area contributed by atoms with Crippen LogP contribution in [0.25, 0.3) is 11.1 Å². The van der Waals surface area contributed by atoms with Crippen LogP contribution in [0, 0.1) is 0 Å². The molecule has 6 heteroatoms. The van der Waals surface area contributed by atoms with Gasteiger partial charge in [-0.3, -0.25) is 0 Å². The molecule has 120 valence electrons. The second kappa shape index (κ2) is 5.49. The number of carbonyl (C=O) groups is 3. The molecule has 4 rings (SSSR count). The zero-order valence-corrected chi connectivity index (χ0v) is 12.6. The fourth-order valence-corrected chi connectivity index (χ4v) is 3.19. The molecule has 1 fully saturated rings. The van der Waals surface area contributed by atoms with Crippen LogP contribution in [0.4, 0.5) is 9.59 Å². The molecule has 2 aliphatic rings. The van der Waals surface area contributed by atoms with Crippen LogP contribution in [0.5, 0.6) is 0 Å². The van der Waals surface area contributed by atoms with Crippen molar-refractivity contribution in [2.75, 3.05) is 13.2 Å². The molecule has 0 unspecified atom stereocenters. The van der Waals surface area contributed by atoms with Gasteiger partial charge in [0.1, 0.15) is 13.2 Å². The van der Waals surface area contributed by atoms with Crippen molar-refractivity contribution in [3.8, 4) is 11.1 Å². The third-order valence-corrected chi connectivity index (χ3v) is 4.27. The van der Waals surface area contributed by atoms with E-state index in [2.05, 4.69) is 4.74 Å². The van der Waals surface area contributed by atoms with Crippen LogP contribution in [0.1, 0.15) is 17.0 Å². The monoisotopic (exact) mass is 323 g/mol. The lowest BCUT2D eigenvalue weighted by molar-refractivity contribution is -0.132. The number of carbonyl (C=O) groups excluding carboxylic acids is 3. The second-order valence-electron chi connectivity index (χ2n) is 5.63. The molecule has 2 aromatic rings. The van der Waals surface area contributed by atoms with Crippen molar-refractivity contribution >= 4 is 18.2 Å². The van der Waals surface area contributed by atoms with Crippen molar-refractivity contribution in [3.63, 3.8) is 0 Å². The molecule has 0 N–H and O–H groups in total. The Morgan fingerprint density at radius 1 is 1.04 bits per heavy atom. The Morgan fingerprint density at radius 3 is 2.17 bits per heavy atom. The zero-order valence-electron chi connectivity index (χ0n) is 12.6. The maximum absolute atomic E-state index is 12.0. The highest BCUT2D eigenvalue weighted by atomic mass is 16.6. The highest BCUT2D eigenvalue weighted by molar-refractivity contribution is 6.01. The van der Waals surface area contributed by atoms with Crippen molar-refractivity contribution in [3.05, 3.63) is 59.7 Å². The number of hydrogen-bond donors (Lipinski definition) is 0. The normalized spacial score (nSPS) is 15.9. The van der Waals surface area contributed by atoms with Gasteiger partial charge in [-0.25, -0.2) is 19.3 Å². The SMILES string of the molecule is O=C1CN(C(=O)OCC2c3ccccc3-c3ccccc32)C(=O)O1. The lowest BCUT2D eigenvalue weighted by Gasteiger charge is -2.16. The number of nitrogens with zero attached hydrogens (tertiary/aromatic N) is 1. The summed E-state index contributed by atoms with van der Waals surface area (Å²) in [5.41, 5.74) is 4.38. The van der Waals surface area contributed by atoms with Crippen LogP contribution in [0.2, 0.25) is 0 Å². The molecule has 0 bridgehead atoms. The summed E-state index contributed by atoms with van der Waals surface area (Å²) < 4.78 is 9.60. The number of cyclic esters (lactones) is 2. The van der Waals surface area contributed by atoms with Gasteiger partial charge in [0.2, 0.25) is 0 Å². The first-order chi connectivity index (χ1) is 11.6. The smallest absolute Gasteiger partial charge is 0.427 e. The standard InChI is InChI=1S/C18H13NO5/c20-16-9-19(18(22)24-16)17(21)23-10-15-13-7-3-1-5-11(13)12-6-2-4-8-14(12)15/h1-8,15H,9-10H2. The van der Waals surface area contributed by atoms with Crippen LogP contribution in [0.15, 0.2) is 48.5 Å². The maximum Gasteiger partial charge on any atom is 0.427 e. The fourth-order valence-electron chi connectivity index (χ4n) is 3.19. The maximum atomic E-state index is 12.0. The van der Waals surface area contributed by atoms with Crippen molar-refractivity contribution in [1.29, 1.82) is 0 Å². The minimum Gasteiger partial charge on any atom is -0.448 e. The summed E-state index contributed by atoms with van der Waals surface area (Å²) >= 11 is 0. The van der Waals surface area contributed by atoms with E-state index < -0.39 is 24.7 Å². The lowest BCUT2D eigenvalue weighted by atomic mass is 9.98. The van der Waals surface area contributed by atoms with Gasteiger partial charge in [-0.1, -0.05) is 48.5 Å². The highest BCUT2D eigenvalue weighted by Gasteiger charge is 2.37. The minimum absolute atomic E-state index is 0.0881. The quantitative estimate of drug-likeness (QED) is 0.627. The average molecular weight is 323 g/mol. The Hall–Kier alpha value is -3.15. The van der Waals surface area contributed by atoms with Gasteiger partial charge in [0.05, 0.1) is 0 Å². The van der Waals surface area contributed by atoms with E-state index in [4.69, 9.17) is 4.74 Å². The lowest BCUT2D eigenvalue weighted by Crippen LogP contribution is -2.33. The molecular weight excluding hydrogens is 310 g/mol. The van der Waals surface area contributed by atoms with Gasteiger partial charge in [0, 0.05) is 5.92 Å². The largest absolute Gasteiger partial charge is 0.448 e. The molecule has 0 saturated carbocycles. The number of imide groups is 1. The molecule has 6 nitrogen and oxygen atoms in total. The summed E-state index contributed by atoms with van der Waals surface area (Å²) in [6.45, 7) is -0.319. The van der Waals surface area contributed by atoms with Gasteiger partial charge < -0.3 is 9.47 Å². The minimum atomic E-state index is -0.989. The van der Waals surface area contributed by atoms with Crippen LogP contribution in [-0.2, 0) is 14.3 Å². The third kappa shape index (κ3) is 2.23. The first-order valence-electron chi connectivity index (χ1n) is 7.52. The van der Waals surface area contributed by atoms with E-state index in [0.717, 1.165) is 22.3 Å². The average Bonchev–Trinajstić information content (AvgIpc) is 3.10. The van der Waals surface area contributed by atoms with E-state index in [9.17, 15) is 14.4 Å². The summed E-state index contributed by atoms with van der Waals surface area (Å²) in [4.78, 5) is 35.2. The molecule has 0 radical (unpaired) electrons. The molecule has 0 spiro atoms. The topological polar surface area (TPSA) is 72.9 Å². The molecule has 2 aromatic carbocycles. The summed E-state index contributed by atoms with van der Waals surface area (Å²) in [5, 5.41) is 0. The van der Waals surface area contributed by atoms with E-state index in [-0.39, 0.29) is 12.5 Å². The summed E-state index contributed by atoms with van der Waals surface area (Å²) in [7, 11) is 0. The van der Waals surface area contributed by atoms with Gasteiger partial charge in [-0.15, -0.1) is 0 Å². The summed E-state index contributed by atoms with van der Waals surface area (Å²) in [6.07, 6.45) is -1.86. The first-order valence-corrected chi connectivity index (χ1v) is 7.52. The Bertz CT molecular complexity index is 814. The first kappa shape index (κ1) is 14.4. The van der Waals surface area contributed by atoms with E-state index in [1.54, 1.807) is 0 Å². The van der Waals surface area contributed by atoms with Gasteiger partial charge >= 0.3 is 18.2 Å². The summed E-state index contributed by atoms with van der Waals surface area (Å²) in [6, 6.07) is 15.9. The van der Waals surface area contributed by atoms with E-state index in [0.29, 0.717) is 4.90 Å². The third-order valence-electron chi connectivity index (χ3n) is 4.27. The number of hydrogen-bond acceptors (Lipinski definition) is 5. The molecule has 0 atom stereocenters. The number of esters is 1. The molecule has 1 aliphatic heterocycles. The predicted molar refractivity (Wildman–Crippen MR) is 83.3 cm³/mol. The Morgan fingerprint density at radius 2 is 1.62 bits per heavy atom. The van der Waals surface area contributed by atoms with Gasteiger partial charge in [-0.2, -0.15) is 0 Å². The number of fused-ring (bicyclic) bond motifs is 3. The number of ether oxygens (including phenoxy) is 2. The van der Waals surface area contributed by atoms with Crippen molar-refractivity contribution in [1.82, 2.24) is 4.90 Å².